The fourth-order valence-electron chi connectivity index (χ4n) is 2.08. The minimum Gasteiger partial charge on any atom is -0.300 e. The van der Waals surface area contributed by atoms with Crippen molar-refractivity contribution in [3.63, 3.8) is 0 Å². The first kappa shape index (κ1) is 11.1. The number of rotatable bonds is 4. The van der Waals surface area contributed by atoms with Crippen molar-refractivity contribution in [3.8, 4) is 18.4 Å². The summed E-state index contributed by atoms with van der Waals surface area (Å²) in [7, 11) is 0. The van der Waals surface area contributed by atoms with Gasteiger partial charge in [-0.05, 0) is 19.3 Å². The molecule has 1 saturated carbocycles. The van der Waals surface area contributed by atoms with Crippen LogP contribution in [0.4, 0.5) is 0 Å². The van der Waals surface area contributed by atoms with Crippen LogP contribution in [0.1, 0.15) is 39.0 Å². The first-order valence-electron chi connectivity index (χ1n) is 5.43. The Labute approximate surface area is 86.7 Å². The first-order chi connectivity index (χ1) is 6.81. The Morgan fingerprint density at radius 1 is 1.57 bits per heavy atom. The van der Waals surface area contributed by atoms with Crippen LogP contribution >= 0.6 is 0 Å². The highest BCUT2D eigenvalue weighted by molar-refractivity contribution is 5.04. The molecule has 3 unspecified atom stereocenters. The van der Waals surface area contributed by atoms with E-state index in [0.717, 1.165) is 32.1 Å². The van der Waals surface area contributed by atoms with Crippen LogP contribution in [0.25, 0.3) is 0 Å². The summed E-state index contributed by atoms with van der Waals surface area (Å²) in [5, 5.41) is 12.3. The predicted molar refractivity (Wildman–Crippen MR) is 57.4 cm³/mol. The van der Waals surface area contributed by atoms with Gasteiger partial charge in [0.25, 0.3) is 0 Å². The highest BCUT2D eigenvalue weighted by Gasteiger charge is 2.27. The van der Waals surface area contributed by atoms with Crippen molar-refractivity contribution in [1.29, 1.82) is 5.26 Å². The summed E-state index contributed by atoms with van der Waals surface area (Å²) >= 11 is 0. The van der Waals surface area contributed by atoms with Gasteiger partial charge in [-0.3, -0.25) is 5.32 Å². The van der Waals surface area contributed by atoms with Gasteiger partial charge in [0, 0.05) is 6.04 Å². The molecule has 0 aromatic rings. The second-order valence-corrected chi connectivity index (χ2v) is 3.95. The molecule has 1 N–H and O–H groups in total. The van der Waals surface area contributed by atoms with Crippen molar-refractivity contribution in [2.75, 3.05) is 0 Å². The standard InChI is InChI=1S/C12H18N2/c1-3-6-11(4-2)14-12-8-5-7-10(12)9-13/h2,10-12,14H,3,5-8H2,1H3. The van der Waals surface area contributed by atoms with E-state index >= 15 is 0 Å². The molecule has 0 spiro atoms. The van der Waals surface area contributed by atoms with Crippen LogP contribution in [0, 0.1) is 29.6 Å². The van der Waals surface area contributed by atoms with Crippen LogP contribution in [0.15, 0.2) is 0 Å². The first-order valence-corrected chi connectivity index (χ1v) is 5.43. The van der Waals surface area contributed by atoms with Crippen molar-refractivity contribution >= 4 is 0 Å². The molecule has 1 aliphatic carbocycles. The molecule has 2 heteroatoms. The number of terminal acetylenes is 1. The Kier molecular flexibility index (Phi) is 4.50. The van der Waals surface area contributed by atoms with Gasteiger partial charge in [-0.25, -0.2) is 0 Å². The van der Waals surface area contributed by atoms with Gasteiger partial charge in [0.1, 0.15) is 0 Å². The van der Waals surface area contributed by atoms with Crippen LogP contribution in [-0.4, -0.2) is 12.1 Å². The van der Waals surface area contributed by atoms with Gasteiger partial charge < -0.3 is 0 Å². The smallest absolute Gasteiger partial charge is 0.0689 e. The van der Waals surface area contributed by atoms with Crippen molar-refractivity contribution in [3.05, 3.63) is 0 Å². The molecule has 76 valence electrons. The topological polar surface area (TPSA) is 35.8 Å². The second-order valence-electron chi connectivity index (χ2n) is 3.95. The van der Waals surface area contributed by atoms with Gasteiger partial charge in [0.2, 0.25) is 0 Å². The number of hydrogen-bond acceptors (Lipinski definition) is 2. The number of nitriles is 1. The molecule has 1 aliphatic rings. The molecule has 0 bridgehead atoms. The van der Waals surface area contributed by atoms with E-state index in [9.17, 15) is 0 Å². The number of hydrogen-bond donors (Lipinski definition) is 1. The minimum absolute atomic E-state index is 0.152. The molecule has 0 radical (unpaired) electrons. The third kappa shape index (κ3) is 2.76. The fourth-order valence-corrected chi connectivity index (χ4v) is 2.08. The lowest BCUT2D eigenvalue weighted by Gasteiger charge is -2.20. The van der Waals surface area contributed by atoms with Gasteiger partial charge in [-0.15, -0.1) is 6.42 Å². The summed E-state index contributed by atoms with van der Waals surface area (Å²) in [6.45, 7) is 2.13. The highest BCUT2D eigenvalue weighted by Crippen LogP contribution is 2.25. The van der Waals surface area contributed by atoms with Crippen LogP contribution in [0.2, 0.25) is 0 Å². The highest BCUT2D eigenvalue weighted by atomic mass is 15.0. The molecule has 0 saturated heterocycles. The van der Waals surface area contributed by atoms with E-state index in [0.29, 0.717) is 6.04 Å². The fraction of sp³-hybridized carbons (Fsp3) is 0.750. The Morgan fingerprint density at radius 3 is 2.93 bits per heavy atom. The van der Waals surface area contributed by atoms with Crippen molar-refractivity contribution in [2.24, 2.45) is 5.92 Å². The maximum atomic E-state index is 8.91. The molecule has 0 aromatic heterocycles. The number of nitrogens with zero attached hydrogens (tertiary/aromatic N) is 1. The molecule has 14 heavy (non-hydrogen) atoms. The normalized spacial score (nSPS) is 27.9. The van der Waals surface area contributed by atoms with E-state index in [1.165, 1.54) is 0 Å². The third-order valence-electron chi connectivity index (χ3n) is 2.88. The summed E-state index contributed by atoms with van der Waals surface area (Å²) in [5.74, 6) is 2.92. The second kappa shape index (κ2) is 5.68. The molecule has 2 nitrogen and oxygen atoms in total. The quantitative estimate of drug-likeness (QED) is 0.689. The monoisotopic (exact) mass is 190 g/mol. The maximum Gasteiger partial charge on any atom is 0.0689 e. The van der Waals surface area contributed by atoms with Crippen molar-refractivity contribution in [2.45, 2.75) is 51.1 Å². The Bertz CT molecular complexity index is 246. The zero-order chi connectivity index (χ0) is 10.4. The van der Waals surface area contributed by atoms with Crippen molar-refractivity contribution < 1.29 is 0 Å². The lowest BCUT2D eigenvalue weighted by Crippen LogP contribution is -2.39. The Hall–Kier alpha value is -0.990. The van der Waals surface area contributed by atoms with Crippen LogP contribution < -0.4 is 5.32 Å². The molecule has 0 heterocycles. The lowest BCUT2D eigenvalue weighted by molar-refractivity contribution is 0.422. The molecule has 3 atom stereocenters. The summed E-state index contributed by atoms with van der Waals surface area (Å²) in [6.07, 6.45) is 10.8. The molecule has 0 aliphatic heterocycles. The van der Waals surface area contributed by atoms with E-state index in [1.807, 2.05) is 0 Å². The lowest BCUT2D eigenvalue weighted by atomic mass is 10.0. The average Bonchev–Trinajstić information content (AvgIpc) is 2.64. The molecular weight excluding hydrogens is 172 g/mol. The van der Waals surface area contributed by atoms with Crippen LogP contribution in [0.3, 0.4) is 0 Å². The van der Waals surface area contributed by atoms with E-state index in [4.69, 9.17) is 11.7 Å². The summed E-state index contributed by atoms with van der Waals surface area (Å²) in [5.41, 5.74) is 0. The zero-order valence-electron chi connectivity index (χ0n) is 8.79. The van der Waals surface area contributed by atoms with Crippen LogP contribution in [-0.2, 0) is 0 Å². The number of nitrogens with one attached hydrogen (secondary N) is 1. The van der Waals surface area contributed by atoms with E-state index in [2.05, 4.69) is 24.2 Å². The predicted octanol–water partition coefficient (Wildman–Crippen LogP) is 2.07. The SMILES string of the molecule is C#CC(CCC)NC1CCCC1C#N. The summed E-state index contributed by atoms with van der Waals surface area (Å²) < 4.78 is 0. The molecule has 1 rings (SSSR count). The summed E-state index contributed by atoms with van der Waals surface area (Å²) in [4.78, 5) is 0. The van der Waals surface area contributed by atoms with Gasteiger partial charge >= 0.3 is 0 Å². The van der Waals surface area contributed by atoms with Gasteiger partial charge in [-0.1, -0.05) is 25.7 Å². The summed E-state index contributed by atoms with van der Waals surface area (Å²) in [6, 6.07) is 2.83. The van der Waals surface area contributed by atoms with E-state index in [-0.39, 0.29) is 12.0 Å². The molecule has 0 amide bonds. The maximum absolute atomic E-state index is 8.91. The van der Waals surface area contributed by atoms with Gasteiger partial charge in [0.15, 0.2) is 0 Å². The average molecular weight is 190 g/mol. The molecule has 0 aromatic carbocycles. The Morgan fingerprint density at radius 2 is 2.36 bits per heavy atom. The Balaban J connectivity index is 2.43. The largest absolute Gasteiger partial charge is 0.300 e. The van der Waals surface area contributed by atoms with E-state index in [1.54, 1.807) is 0 Å². The minimum atomic E-state index is 0.152. The van der Waals surface area contributed by atoms with Gasteiger partial charge in [0.05, 0.1) is 18.0 Å². The molecular formula is C12H18N2. The third-order valence-corrected chi connectivity index (χ3v) is 2.88. The van der Waals surface area contributed by atoms with Crippen LogP contribution in [0.5, 0.6) is 0 Å². The zero-order valence-corrected chi connectivity index (χ0v) is 8.79. The van der Waals surface area contributed by atoms with Crippen molar-refractivity contribution in [1.82, 2.24) is 5.32 Å². The van der Waals surface area contributed by atoms with E-state index < -0.39 is 0 Å². The molecule has 1 fully saturated rings. The van der Waals surface area contributed by atoms with Gasteiger partial charge in [-0.2, -0.15) is 5.26 Å².